The van der Waals surface area contributed by atoms with E-state index in [0.717, 1.165) is 6.54 Å². The summed E-state index contributed by atoms with van der Waals surface area (Å²) in [4.78, 5) is 2.39. The highest BCUT2D eigenvalue weighted by Crippen LogP contribution is 2.04. The van der Waals surface area contributed by atoms with Gasteiger partial charge < -0.3 is 10.6 Å². The lowest BCUT2D eigenvalue weighted by Crippen LogP contribution is -2.24. The van der Waals surface area contributed by atoms with Crippen LogP contribution in [0.25, 0.3) is 0 Å². The van der Waals surface area contributed by atoms with Crippen molar-refractivity contribution >= 4 is 0 Å². The normalized spacial score (nSPS) is 16.8. The average molecular weight is 174 g/mol. The Kier molecular flexibility index (Phi) is 16.3. The van der Waals surface area contributed by atoms with Crippen LogP contribution >= 0.6 is 0 Å². The minimum Gasteiger partial charge on any atom is -0.331 e. The first-order chi connectivity index (χ1) is 5.81. The summed E-state index contributed by atoms with van der Waals surface area (Å²) in [6.45, 7) is 9.29. The quantitative estimate of drug-likeness (QED) is 0.609. The summed E-state index contributed by atoms with van der Waals surface area (Å²) in [6.07, 6.45) is 4.28. The Hall–Kier alpha value is -0.0800. The van der Waals surface area contributed by atoms with Crippen LogP contribution in [0.3, 0.4) is 0 Å². The topological polar surface area (TPSA) is 29.3 Å². The molecule has 76 valence electrons. The zero-order valence-corrected chi connectivity index (χ0v) is 9.27. The fourth-order valence-electron chi connectivity index (χ4n) is 1.05. The van der Waals surface area contributed by atoms with Crippen molar-refractivity contribution in [2.75, 3.05) is 26.7 Å². The maximum absolute atomic E-state index is 4.85. The third-order valence-corrected chi connectivity index (χ3v) is 1.58. The van der Waals surface area contributed by atoms with Gasteiger partial charge in [-0.1, -0.05) is 27.2 Å². The van der Waals surface area contributed by atoms with Crippen molar-refractivity contribution in [1.82, 2.24) is 4.90 Å². The van der Waals surface area contributed by atoms with E-state index in [2.05, 4.69) is 11.9 Å². The van der Waals surface area contributed by atoms with Gasteiger partial charge in [0, 0.05) is 0 Å². The monoisotopic (exact) mass is 174 g/mol. The van der Waals surface area contributed by atoms with E-state index in [1.165, 1.54) is 32.4 Å². The van der Waals surface area contributed by atoms with Crippen LogP contribution in [0.5, 0.6) is 0 Å². The van der Waals surface area contributed by atoms with Gasteiger partial charge in [0.1, 0.15) is 0 Å². The molecular formula is C10H26N2. The zero-order valence-electron chi connectivity index (χ0n) is 9.27. The van der Waals surface area contributed by atoms with Gasteiger partial charge >= 0.3 is 0 Å². The standard InChI is InChI=1S/C6H13N.C2H7N.C2H6/c1-7-5-3-2-4-6-7;1-2-3;1-2/h2-6H2,1H3;2-3H2,1H3;1-2H3. The van der Waals surface area contributed by atoms with Crippen LogP contribution in [0.15, 0.2) is 0 Å². The van der Waals surface area contributed by atoms with Gasteiger partial charge in [-0.05, 0) is 39.5 Å². The lowest BCUT2D eigenvalue weighted by Gasteiger charge is -2.20. The fourth-order valence-corrected chi connectivity index (χ4v) is 1.05. The van der Waals surface area contributed by atoms with Gasteiger partial charge in [-0.2, -0.15) is 0 Å². The van der Waals surface area contributed by atoms with Gasteiger partial charge in [-0.15, -0.1) is 0 Å². The zero-order chi connectivity index (χ0) is 9.82. The van der Waals surface area contributed by atoms with Crippen molar-refractivity contribution in [3.05, 3.63) is 0 Å². The van der Waals surface area contributed by atoms with Gasteiger partial charge in [-0.25, -0.2) is 0 Å². The minimum atomic E-state index is 0.750. The van der Waals surface area contributed by atoms with Crippen LogP contribution in [0, 0.1) is 0 Å². The Morgan fingerprint density at radius 2 is 1.42 bits per heavy atom. The summed E-state index contributed by atoms with van der Waals surface area (Å²) < 4.78 is 0. The van der Waals surface area contributed by atoms with Gasteiger partial charge in [0.05, 0.1) is 0 Å². The van der Waals surface area contributed by atoms with Crippen molar-refractivity contribution in [3.63, 3.8) is 0 Å². The second-order valence-corrected chi connectivity index (χ2v) is 2.77. The van der Waals surface area contributed by atoms with E-state index in [-0.39, 0.29) is 0 Å². The van der Waals surface area contributed by atoms with E-state index in [0.29, 0.717) is 0 Å². The maximum atomic E-state index is 4.85. The second kappa shape index (κ2) is 13.5. The molecule has 2 heteroatoms. The molecular weight excluding hydrogens is 148 g/mol. The lowest BCUT2D eigenvalue weighted by molar-refractivity contribution is 0.277. The molecule has 0 radical (unpaired) electrons. The number of hydrogen-bond donors (Lipinski definition) is 1. The first kappa shape index (κ1) is 14.4. The molecule has 0 spiro atoms. The molecule has 1 fully saturated rings. The highest BCUT2D eigenvalue weighted by molar-refractivity contribution is 4.58. The molecule has 0 unspecified atom stereocenters. The molecule has 0 aromatic rings. The molecule has 0 atom stereocenters. The number of nitrogens with two attached hydrogens (primary N) is 1. The third kappa shape index (κ3) is 12.6. The molecule has 1 heterocycles. The molecule has 1 aliphatic rings. The fraction of sp³-hybridized carbons (Fsp3) is 1.00. The van der Waals surface area contributed by atoms with E-state index < -0.39 is 0 Å². The molecule has 0 aliphatic carbocycles. The van der Waals surface area contributed by atoms with Gasteiger partial charge in [0.15, 0.2) is 0 Å². The highest BCUT2D eigenvalue weighted by atomic mass is 15.1. The highest BCUT2D eigenvalue weighted by Gasteiger charge is 2.02. The summed E-state index contributed by atoms with van der Waals surface area (Å²) in [5.74, 6) is 0. The largest absolute Gasteiger partial charge is 0.331 e. The molecule has 0 aromatic carbocycles. The van der Waals surface area contributed by atoms with Gasteiger partial charge in [0.2, 0.25) is 0 Å². The molecule has 1 rings (SSSR count). The third-order valence-electron chi connectivity index (χ3n) is 1.58. The molecule has 0 amide bonds. The Morgan fingerprint density at radius 1 is 1.08 bits per heavy atom. The Labute approximate surface area is 78.1 Å². The molecule has 12 heavy (non-hydrogen) atoms. The van der Waals surface area contributed by atoms with Crippen LogP contribution in [-0.2, 0) is 0 Å². The van der Waals surface area contributed by atoms with Crippen molar-refractivity contribution in [2.45, 2.75) is 40.0 Å². The van der Waals surface area contributed by atoms with E-state index >= 15 is 0 Å². The predicted molar refractivity (Wildman–Crippen MR) is 57.4 cm³/mol. The van der Waals surface area contributed by atoms with Crippen LogP contribution in [-0.4, -0.2) is 31.6 Å². The summed E-state index contributed by atoms with van der Waals surface area (Å²) >= 11 is 0. The average Bonchev–Trinajstić information content (AvgIpc) is 2.11. The summed E-state index contributed by atoms with van der Waals surface area (Å²) in [5.41, 5.74) is 4.85. The Balaban J connectivity index is 0. The number of piperidine rings is 1. The van der Waals surface area contributed by atoms with Crippen LogP contribution in [0.1, 0.15) is 40.0 Å². The SMILES string of the molecule is CC.CCN.CN1CCCCC1. The Bertz CT molecular complexity index is 58.9. The van der Waals surface area contributed by atoms with Gasteiger partial charge in [0.25, 0.3) is 0 Å². The first-order valence-electron chi connectivity index (χ1n) is 5.20. The molecule has 1 saturated heterocycles. The van der Waals surface area contributed by atoms with Crippen molar-refractivity contribution in [3.8, 4) is 0 Å². The lowest BCUT2D eigenvalue weighted by atomic mass is 10.1. The second-order valence-electron chi connectivity index (χ2n) is 2.77. The van der Waals surface area contributed by atoms with E-state index in [9.17, 15) is 0 Å². The molecule has 2 N–H and O–H groups in total. The summed E-state index contributed by atoms with van der Waals surface area (Å²) in [6, 6.07) is 0. The summed E-state index contributed by atoms with van der Waals surface area (Å²) in [5, 5.41) is 0. The van der Waals surface area contributed by atoms with E-state index in [1.807, 2.05) is 20.8 Å². The number of rotatable bonds is 0. The van der Waals surface area contributed by atoms with Crippen molar-refractivity contribution in [1.29, 1.82) is 0 Å². The van der Waals surface area contributed by atoms with Crippen molar-refractivity contribution in [2.24, 2.45) is 5.73 Å². The predicted octanol–water partition coefficient (Wildman–Crippen LogP) is 2.09. The number of hydrogen-bond acceptors (Lipinski definition) is 2. The molecule has 1 aliphatic heterocycles. The summed E-state index contributed by atoms with van der Waals surface area (Å²) in [7, 11) is 2.19. The molecule has 0 aromatic heterocycles. The van der Waals surface area contributed by atoms with Gasteiger partial charge in [-0.3, -0.25) is 0 Å². The van der Waals surface area contributed by atoms with E-state index in [1.54, 1.807) is 0 Å². The van der Waals surface area contributed by atoms with Crippen LogP contribution < -0.4 is 5.73 Å². The molecule has 0 saturated carbocycles. The smallest absolute Gasteiger partial charge is 0.00218 e. The molecule has 0 bridgehead atoms. The first-order valence-corrected chi connectivity index (χ1v) is 5.20. The number of nitrogens with zero attached hydrogens (tertiary/aromatic N) is 1. The van der Waals surface area contributed by atoms with E-state index in [4.69, 9.17) is 5.73 Å². The molecule has 2 nitrogen and oxygen atoms in total. The minimum absolute atomic E-state index is 0.750. The van der Waals surface area contributed by atoms with Crippen molar-refractivity contribution < 1.29 is 0 Å². The Morgan fingerprint density at radius 3 is 1.58 bits per heavy atom. The maximum Gasteiger partial charge on any atom is -0.00218 e. The number of likely N-dealkylation sites (tertiary alicyclic amines) is 1. The van der Waals surface area contributed by atoms with Crippen LogP contribution in [0.2, 0.25) is 0 Å². The van der Waals surface area contributed by atoms with Crippen LogP contribution in [0.4, 0.5) is 0 Å².